The van der Waals surface area contributed by atoms with Crippen molar-refractivity contribution in [1.82, 2.24) is 20.4 Å². The van der Waals surface area contributed by atoms with Gasteiger partial charge in [-0.2, -0.15) is 5.10 Å². The number of nitrogens with one attached hydrogen (secondary N) is 2. The fraction of sp³-hybridized carbons (Fsp3) is 0.478. The monoisotopic (exact) mass is 426 g/mol. The van der Waals surface area contributed by atoms with Crippen LogP contribution < -0.4 is 15.6 Å². The zero-order chi connectivity index (χ0) is 22.6. The highest BCUT2D eigenvalue weighted by Gasteiger charge is 2.25. The van der Waals surface area contributed by atoms with Crippen LogP contribution in [0.15, 0.2) is 35.1 Å². The number of rotatable bonds is 5. The molecule has 0 aliphatic carbocycles. The predicted molar refractivity (Wildman–Crippen MR) is 117 cm³/mol. The molecule has 1 fully saturated rings. The average molecular weight is 427 g/mol. The first-order chi connectivity index (χ1) is 14.6. The summed E-state index contributed by atoms with van der Waals surface area (Å²) < 4.78 is 5.89. The van der Waals surface area contributed by atoms with Gasteiger partial charge in [0, 0.05) is 25.2 Å². The molecule has 2 aromatic rings. The molecule has 8 heteroatoms. The van der Waals surface area contributed by atoms with Crippen LogP contribution in [0.1, 0.15) is 55.2 Å². The van der Waals surface area contributed by atoms with Crippen LogP contribution in [0.3, 0.4) is 0 Å². The number of hydrogen-bond acceptors (Lipinski definition) is 5. The van der Waals surface area contributed by atoms with E-state index in [1.165, 1.54) is 12.1 Å². The Morgan fingerprint density at radius 3 is 2.52 bits per heavy atom. The number of amides is 2. The second kappa shape index (κ2) is 9.32. The minimum atomic E-state index is -0.356. The van der Waals surface area contributed by atoms with Crippen LogP contribution in [0.25, 0.3) is 0 Å². The Bertz CT molecular complexity index is 981. The molecule has 2 amide bonds. The third-order valence-corrected chi connectivity index (χ3v) is 5.39. The molecule has 8 nitrogen and oxygen atoms in total. The van der Waals surface area contributed by atoms with Crippen molar-refractivity contribution < 1.29 is 14.3 Å². The summed E-state index contributed by atoms with van der Waals surface area (Å²) in [6.07, 6.45) is 1.30. The summed E-state index contributed by atoms with van der Waals surface area (Å²) in [5.41, 5.74) is 1.97. The van der Waals surface area contributed by atoms with Crippen molar-refractivity contribution in [3.63, 3.8) is 0 Å². The van der Waals surface area contributed by atoms with Crippen LogP contribution >= 0.6 is 0 Å². The number of benzene rings is 1. The molecule has 3 rings (SSSR count). The number of ether oxygens (including phenoxy) is 1. The van der Waals surface area contributed by atoms with Gasteiger partial charge in [-0.25, -0.2) is 5.10 Å². The van der Waals surface area contributed by atoms with Crippen LogP contribution in [0.2, 0.25) is 0 Å². The molecule has 0 bridgehead atoms. The summed E-state index contributed by atoms with van der Waals surface area (Å²) in [7, 11) is 0. The number of carbonyl (C=O) groups excluding carboxylic acids is 2. The lowest BCUT2D eigenvalue weighted by Gasteiger charge is -2.32. The predicted octanol–water partition coefficient (Wildman–Crippen LogP) is 2.18. The minimum Gasteiger partial charge on any atom is -0.483 e. The molecular weight excluding hydrogens is 396 g/mol. The highest BCUT2D eigenvalue weighted by atomic mass is 16.5. The molecule has 1 aliphatic heterocycles. The van der Waals surface area contributed by atoms with E-state index in [-0.39, 0.29) is 41.1 Å². The summed E-state index contributed by atoms with van der Waals surface area (Å²) in [6.45, 7) is 9.50. The van der Waals surface area contributed by atoms with Gasteiger partial charge in [-0.05, 0) is 42.9 Å². The molecule has 1 aromatic heterocycles. The quantitative estimate of drug-likeness (QED) is 0.763. The molecule has 0 atom stereocenters. The smallest absolute Gasteiger partial charge is 0.271 e. The molecule has 2 N–H and O–H groups in total. The van der Waals surface area contributed by atoms with E-state index in [0.717, 1.165) is 16.9 Å². The van der Waals surface area contributed by atoms with Gasteiger partial charge in [-0.15, -0.1) is 0 Å². The first-order valence-electron chi connectivity index (χ1n) is 10.5. The largest absolute Gasteiger partial charge is 0.483 e. The number of piperidine rings is 1. The molecule has 0 saturated carbocycles. The van der Waals surface area contributed by atoms with Gasteiger partial charge in [0.25, 0.3) is 17.4 Å². The van der Waals surface area contributed by atoms with E-state index in [1.807, 2.05) is 19.1 Å². The number of aromatic nitrogens is 2. The summed E-state index contributed by atoms with van der Waals surface area (Å²) in [5, 5.41) is 8.90. The van der Waals surface area contributed by atoms with Crippen LogP contribution in [0.4, 0.5) is 0 Å². The summed E-state index contributed by atoms with van der Waals surface area (Å²) in [4.78, 5) is 37.7. The second-order valence-corrected chi connectivity index (χ2v) is 8.97. The fourth-order valence-corrected chi connectivity index (χ4v) is 3.59. The SMILES string of the molecule is Cc1ccc(OCC(=O)N2CCC(NC(=O)c3ccc(=O)[nH]n3)CC2)c(C(C)(C)C)c1. The average Bonchev–Trinajstić information content (AvgIpc) is 2.73. The van der Waals surface area contributed by atoms with Crippen molar-refractivity contribution in [2.24, 2.45) is 0 Å². The Kier molecular flexibility index (Phi) is 6.77. The van der Waals surface area contributed by atoms with Gasteiger partial charge in [-0.1, -0.05) is 38.5 Å². The minimum absolute atomic E-state index is 0.00946. The van der Waals surface area contributed by atoms with Gasteiger partial charge in [-0.3, -0.25) is 14.4 Å². The van der Waals surface area contributed by atoms with Crippen molar-refractivity contribution in [2.45, 2.75) is 52.0 Å². The standard InChI is InChI=1S/C23H30N4O4/c1-15-5-7-19(17(13-15)23(2,3)4)31-14-21(29)27-11-9-16(10-12-27)24-22(30)18-6-8-20(28)26-25-18/h5-8,13,16H,9-12,14H2,1-4H3,(H,24,30)(H,26,28). The normalized spacial score (nSPS) is 14.9. The molecule has 0 spiro atoms. The van der Waals surface area contributed by atoms with E-state index in [1.54, 1.807) is 4.90 Å². The molecule has 1 saturated heterocycles. The van der Waals surface area contributed by atoms with Gasteiger partial charge in [0.15, 0.2) is 6.61 Å². The number of aromatic amines is 1. The number of hydrogen-bond donors (Lipinski definition) is 2. The maximum absolute atomic E-state index is 12.7. The maximum Gasteiger partial charge on any atom is 0.271 e. The molecule has 1 aromatic carbocycles. The first-order valence-corrected chi connectivity index (χ1v) is 10.5. The van der Waals surface area contributed by atoms with Crippen LogP contribution in [0, 0.1) is 6.92 Å². The van der Waals surface area contributed by atoms with Crippen molar-refractivity contribution in [3.05, 3.63) is 57.5 Å². The van der Waals surface area contributed by atoms with Crippen molar-refractivity contribution in [2.75, 3.05) is 19.7 Å². The van der Waals surface area contributed by atoms with Gasteiger partial charge < -0.3 is 15.0 Å². The molecule has 166 valence electrons. The number of likely N-dealkylation sites (tertiary alicyclic amines) is 1. The van der Waals surface area contributed by atoms with Crippen molar-refractivity contribution in [1.29, 1.82) is 0 Å². The zero-order valence-corrected chi connectivity index (χ0v) is 18.5. The van der Waals surface area contributed by atoms with E-state index in [9.17, 15) is 14.4 Å². The zero-order valence-electron chi connectivity index (χ0n) is 18.5. The van der Waals surface area contributed by atoms with E-state index in [0.29, 0.717) is 25.9 Å². The Balaban J connectivity index is 1.50. The van der Waals surface area contributed by atoms with Crippen LogP contribution in [0.5, 0.6) is 5.75 Å². The number of aryl methyl sites for hydroxylation is 1. The first kappa shape index (κ1) is 22.5. The van der Waals surface area contributed by atoms with E-state index < -0.39 is 0 Å². The van der Waals surface area contributed by atoms with E-state index >= 15 is 0 Å². The van der Waals surface area contributed by atoms with Gasteiger partial charge in [0.1, 0.15) is 11.4 Å². The summed E-state index contributed by atoms with van der Waals surface area (Å²) >= 11 is 0. The Hall–Kier alpha value is -3.16. The van der Waals surface area contributed by atoms with E-state index in [2.05, 4.69) is 42.4 Å². The Morgan fingerprint density at radius 1 is 1.19 bits per heavy atom. The van der Waals surface area contributed by atoms with Crippen LogP contribution in [-0.2, 0) is 10.2 Å². The van der Waals surface area contributed by atoms with Crippen LogP contribution in [-0.4, -0.2) is 52.6 Å². The summed E-state index contributed by atoms with van der Waals surface area (Å²) in [5.74, 6) is 0.341. The van der Waals surface area contributed by atoms with Gasteiger partial charge in [0.2, 0.25) is 0 Å². The Labute approximate surface area is 182 Å². The van der Waals surface area contributed by atoms with E-state index in [4.69, 9.17) is 4.74 Å². The third-order valence-electron chi connectivity index (χ3n) is 5.39. The molecule has 0 radical (unpaired) electrons. The lowest BCUT2D eigenvalue weighted by Crippen LogP contribution is -2.47. The van der Waals surface area contributed by atoms with Gasteiger partial charge in [0.05, 0.1) is 0 Å². The molecule has 0 unspecified atom stereocenters. The molecule has 31 heavy (non-hydrogen) atoms. The summed E-state index contributed by atoms with van der Waals surface area (Å²) in [6, 6.07) is 8.63. The van der Waals surface area contributed by atoms with Crippen molar-refractivity contribution >= 4 is 11.8 Å². The highest BCUT2D eigenvalue weighted by Crippen LogP contribution is 2.32. The molecular formula is C23H30N4O4. The molecule has 1 aliphatic rings. The molecule has 2 heterocycles. The second-order valence-electron chi connectivity index (χ2n) is 8.97. The Morgan fingerprint density at radius 2 is 1.90 bits per heavy atom. The fourth-order valence-electron chi connectivity index (χ4n) is 3.59. The number of nitrogens with zero attached hydrogens (tertiary/aromatic N) is 2. The lowest BCUT2D eigenvalue weighted by molar-refractivity contribution is -0.134. The maximum atomic E-state index is 12.7. The third kappa shape index (κ3) is 5.93. The van der Waals surface area contributed by atoms with Gasteiger partial charge >= 0.3 is 0 Å². The lowest BCUT2D eigenvalue weighted by atomic mass is 9.85. The topological polar surface area (TPSA) is 104 Å². The number of H-pyrrole nitrogens is 1. The van der Waals surface area contributed by atoms with Crippen molar-refractivity contribution in [3.8, 4) is 5.75 Å². The highest BCUT2D eigenvalue weighted by molar-refractivity contribution is 5.92. The number of carbonyl (C=O) groups is 2.